The molecule has 108 valence electrons. The molecule has 0 aromatic heterocycles. The highest BCUT2D eigenvalue weighted by atomic mass is 16.2. The summed E-state index contributed by atoms with van der Waals surface area (Å²) in [6, 6.07) is 2.01. The predicted octanol–water partition coefficient (Wildman–Crippen LogP) is 0.159. The van der Waals surface area contributed by atoms with Crippen molar-refractivity contribution < 1.29 is 9.59 Å². The molecule has 19 heavy (non-hydrogen) atoms. The Bertz CT molecular complexity index is 336. The Balaban J connectivity index is 4.37. The van der Waals surface area contributed by atoms with Crippen LogP contribution in [0.4, 0.5) is 0 Å². The molecule has 0 aromatic carbocycles. The summed E-state index contributed by atoms with van der Waals surface area (Å²) >= 11 is 0. The van der Waals surface area contributed by atoms with Crippen molar-refractivity contribution >= 4 is 11.8 Å². The summed E-state index contributed by atoms with van der Waals surface area (Å²) in [6.07, 6.45) is 1.21. The monoisotopic (exact) mass is 268 g/mol. The fourth-order valence-electron chi connectivity index (χ4n) is 1.52. The molecule has 0 radical (unpaired) electrons. The summed E-state index contributed by atoms with van der Waals surface area (Å²) in [7, 11) is 5.08. The number of likely N-dealkylation sites (N-methyl/N-ethyl adjacent to an activating group) is 2. The van der Waals surface area contributed by atoms with Crippen molar-refractivity contribution in [1.82, 2.24) is 14.7 Å². The van der Waals surface area contributed by atoms with Crippen molar-refractivity contribution in [3.63, 3.8) is 0 Å². The lowest BCUT2D eigenvalue weighted by atomic mass is 10.3. The Morgan fingerprint density at radius 3 is 2.11 bits per heavy atom. The second kappa shape index (κ2) is 9.34. The van der Waals surface area contributed by atoms with Crippen molar-refractivity contribution in [3.05, 3.63) is 0 Å². The highest BCUT2D eigenvalue weighted by Crippen LogP contribution is 1.97. The number of hydrogen-bond donors (Lipinski definition) is 0. The lowest BCUT2D eigenvalue weighted by Crippen LogP contribution is -2.43. The molecule has 0 saturated heterocycles. The maximum absolute atomic E-state index is 11.9. The second-order valence-corrected chi connectivity index (χ2v) is 4.72. The smallest absolute Gasteiger partial charge is 0.236 e. The maximum atomic E-state index is 11.9. The van der Waals surface area contributed by atoms with Crippen molar-refractivity contribution in [2.24, 2.45) is 0 Å². The van der Waals surface area contributed by atoms with Gasteiger partial charge in [0.05, 0.1) is 25.6 Å². The Hall–Kier alpha value is -1.61. The molecule has 0 saturated carbocycles. The van der Waals surface area contributed by atoms with E-state index in [1.165, 1.54) is 9.80 Å². The molecule has 0 atom stereocenters. The zero-order chi connectivity index (χ0) is 14.8. The number of hydrogen-bond acceptors (Lipinski definition) is 4. The molecule has 0 aliphatic heterocycles. The van der Waals surface area contributed by atoms with Gasteiger partial charge in [0, 0.05) is 27.7 Å². The van der Waals surface area contributed by atoms with Crippen LogP contribution in [0.5, 0.6) is 0 Å². The van der Waals surface area contributed by atoms with Gasteiger partial charge in [-0.1, -0.05) is 6.92 Å². The summed E-state index contributed by atoms with van der Waals surface area (Å²) in [6.45, 7) is 3.61. The first kappa shape index (κ1) is 17.4. The fraction of sp³-hybridized carbons (Fsp3) is 0.769. The third-order valence-electron chi connectivity index (χ3n) is 2.74. The molecule has 0 spiro atoms. The van der Waals surface area contributed by atoms with Crippen LogP contribution in [0, 0.1) is 11.3 Å². The minimum atomic E-state index is -0.0599. The van der Waals surface area contributed by atoms with E-state index in [2.05, 4.69) is 0 Å². The third kappa shape index (κ3) is 7.42. The first-order valence-corrected chi connectivity index (χ1v) is 6.45. The van der Waals surface area contributed by atoms with Crippen molar-refractivity contribution in [2.75, 3.05) is 47.3 Å². The number of amides is 2. The first-order chi connectivity index (χ1) is 8.92. The molecule has 6 nitrogen and oxygen atoms in total. The lowest BCUT2D eigenvalue weighted by molar-refractivity contribution is -0.133. The number of carbonyl (C=O) groups excluding carboxylic acids is 2. The van der Waals surface area contributed by atoms with Crippen LogP contribution >= 0.6 is 0 Å². The molecule has 0 aliphatic carbocycles. The van der Waals surface area contributed by atoms with Crippen LogP contribution in [0.3, 0.4) is 0 Å². The van der Waals surface area contributed by atoms with Gasteiger partial charge in [0.2, 0.25) is 11.8 Å². The Morgan fingerprint density at radius 2 is 1.63 bits per heavy atom. The summed E-state index contributed by atoms with van der Waals surface area (Å²) in [5.74, 6) is -0.0730. The van der Waals surface area contributed by atoms with Gasteiger partial charge in [-0.2, -0.15) is 5.26 Å². The molecular weight excluding hydrogens is 244 g/mol. The quantitative estimate of drug-likeness (QED) is 0.629. The van der Waals surface area contributed by atoms with Gasteiger partial charge in [-0.05, 0) is 13.0 Å². The molecule has 0 N–H and O–H groups in total. The van der Waals surface area contributed by atoms with E-state index in [9.17, 15) is 9.59 Å². The van der Waals surface area contributed by atoms with Gasteiger partial charge in [-0.25, -0.2) is 0 Å². The summed E-state index contributed by atoms with van der Waals surface area (Å²) in [5, 5.41) is 8.49. The number of carbonyl (C=O) groups is 2. The van der Waals surface area contributed by atoms with Gasteiger partial charge in [0.25, 0.3) is 0 Å². The minimum Gasteiger partial charge on any atom is -0.348 e. The Kier molecular flexibility index (Phi) is 8.55. The van der Waals surface area contributed by atoms with Crippen LogP contribution in [0.2, 0.25) is 0 Å². The van der Waals surface area contributed by atoms with Crippen LogP contribution in [-0.2, 0) is 9.59 Å². The van der Waals surface area contributed by atoms with E-state index in [4.69, 9.17) is 5.26 Å². The van der Waals surface area contributed by atoms with Gasteiger partial charge >= 0.3 is 0 Å². The second-order valence-electron chi connectivity index (χ2n) is 4.72. The average molecular weight is 268 g/mol. The summed E-state index contributed by atoms with van der Waals surface area (Å²) < 4.78 is 0. The normalized spacial score (nSPS) is 10.1. The van der Waals surface area contributed by atoms with Crippen molar-refractivity contribution in [1.29, 1.82) is 5.26 Å². The van der Waals surface area contributed by atoms with E-state index in [0.29, 0.717) is 19.5 Å². The van der Waals surface area contributed by atoms with Gasteiger partial charge in [-0.3, -0.25) is 14.5 Å². The van der Waals surface area contributed by atoms with Gasteiger partial charge < -0.3 is 9.80 Å². The molecule has 0 fully saturated rings. The van der Waals surface area contributed by atoms with Crippen molar-refractivity contribution in [3.8, 4) is 6.07 Å². The largest absolute Gasteiger partial charge is 0.348 e. The van der Waals surface area contributed by atoms with E-state index in [1.54, 1.807) is 21.1 Å². The molecule has 0 unspecified atom stereocenters. The SMILES string of the molecule is CCCN(CC(=O)N(C)C)CC(=O)N(C)CCC#N. The highest BCUT2D eigenvalue weighted by molar-refractivity contribution is 5.80. The number of rotatable bonds is 8. The molecule has 0 heterocycles. The van der Waals surface area contributed by atoms with E-state index in [1.807, 2.05) is 17.9 Å². The topological polar surface area (TPSA) is 67.7 Å². The molecular formula is C13H24N4O2. The average Bonchev–Trinajstić information content (AvgIpc) is 2.35. The molecule has 0 rings (SSSR count). The number of nitrogens with zero attached hydrogens (tertiary/aromatic N) is 4. The Labute approximate surface area is 115 Å². The van der Waals surface area contributed by atoms with E-state index in [-0.39, 0.29) is 24.9 Å². The maximum Gasteiger partial charge on any atom is 0.236 e. The van der Waals surface area contributed by atoms with E-state index >= 15 is 0 Å². The molecule has 0 aliphatic rings. The highest BCUT2D eigenvalue weighted by Gasteiger charge is 2.17. The van der Waals surface area contributed by atoms with E-state index in [0.717, 1.165) is 6.42 Å². The molecule has 0 bridgehead atoms. The van der Waals surface area contributed by atoms with Crippen LogP contribution in [0.1, 0.15) is 19.8 Å². The van der Waals surface area contributed by atoms with E-state index < -0.39 is 0 Å². The molecule has 0 aromatic rings. The predicted molar refractivity (Wildman–Crippen MR) is 73.3 cm³/mol. The third-order valence-corrected chi connectivity index (χ3v) is 2.74. The first-order valence-electron chi connectivity index (χ1n) is 6.45. The van der Waals surface area contributed by atoms with Crippen LogP contribution in [0.15, 0.2) is 0 Å². The summed E-state index contributed by atoms with van der Waals surface area (Å²) in [5.41, 5.74) is 0. The van der Waals surface area contributed by atoms with Gasteiger partial charge in [0.1, 0.15) is 0 Å². The van der Waals surface area contributed by atoms with Gasteiger partial charge in [0.15, 0.2) is 0 Å². The minimum absolute atomic E-state index is 0.0130. The number of nitriles is 1. The zero-order valence-corrected chi connectivity index (χ0v) is 12.3. The molecule has 6 heteroatoms. The fourth-order valence-corrected chi connectivity index (χ4v) is 1.52. The van der Waals surface area contributed by atoms with Crippen molar-refractivity contribution in [2.45, 2.75) is 19.8 Å². The zero-order valence-electron chi connectivity index (χ0n) is 12.3. The Morgan fingerprint density at radius 1 is 1.05 bits per heavy atom. The van der Waals surface area contributed by atoms with Crippen LogP contribution in [0.25, 0.3) is 0 Å². The van der Waals surface area contributed by atoms with Crippen LogP contribution < -0.4 is 0 Å². The summed E-state index contributed by atoms with van der Waals surface area (Å²) in [4.78, 5) is 28.5. The van der Waals surface area contributed by atoms with Crippen LogP contribution in [-0.4, -0.2) is 73.8 Å². The lowest BCUT2D eigenvalue weighted by Gasteiger charge is -2.25. The molecule has 2 amide bonds. The standard InChI is InChI=1S/C13H24N4O2/c1-5-8-17(10-12(18)15(2)3)11-13(19)16(4)9-6-7-14/h5-6,8-11H2,1-4H3. The van der Waals surface area contributed by atoms with Gasteiger partial charge in [-0.15, -0.1) is 0 Å².